The summed E-state index contributed by atoms with van der Waals surface area (Å²) in [5, 5.41) is 2.77. The van der Waals surface area contributed by atoms with E-state index in [0.717, 1.165) is 11.1 Å². The van der Waals surface area contributed by atoms with Gasteiger partial charge in [0.05, 0.1) is 0 Å². The zero-order valence-corrected chi connectivity index (χ0v) is 10.8. The molecule has 0 radical (unpaired) electrons. The first-order valence-corrected chi connectivity index (χ1v) is 5.40. The molecule has 2 amide bonds. The number of hydrogen-bond acceptors (Lipinski definition) is 2. The smallest absolute Gasteiger partial charge is 0.246 e. The first-order chi connectivity index (χ1) is 7.18. The molecule has 0 aromatic heterocycles. The first-order valence-electron chi connectivity index (χ1n) is 5.40. The molecule has 0 rings (SSSR count). The minimum atomic E-state index is -0.577. The molecule has 0 aliphatic carbocycles. The van der Waals surface area contributed by atoms with Crippen molar-refractivity contribution in [1.29, 1.82) is 0 Å². The molecule has 0 aromatic rings. The van der Waals surface area contributed by atoms with E-state index in [0.29, 0.717) is 13.0 Å². The van der Waals surface area contributed by atoms with Gasteiger partial charge in [-0.15, -0.1) is 0 Å². The van der Waals surface area contributed by atoms with Gasteiger partial charge in [-0.25, -0.2) is 0 Å². The van der Waals surface area contributed by atoms with E-state index in [1.54, 1.807) is 20.8 Å². The van der Waals surface area contributed by atoms with Gasteiger partial charge in [-0.3, -0.25) is 9.59 Å². The SMILES string of the molecule is CC(C)=C(C)C(=O)NCCC(C)(C)C(N)=O. The molecule has 0 saturated carbocycles. The first kappa shape index (κ1) is 14.7. The number of rotatable bonds is 5. The third-order valence-corrected chi connectivity index (χ3v) is 2.79. The van der Waals surface area contributed by atoms with Gasteiger partial charge in [-0.2, -0.15) is 0 Å². The van der Waals surface area contributed by atoms with E-state index in [4.69, 9.17) is 5.73 Å². The van der Waals surface area contributed by atoms with Crippen LogP contribution in [0.3, 0.4) is 0 Å². The van der Waals surface area contributed by atoms with Crippen LogP contribution in [0.5, 0.6) is 0 Å². The third-order valence-electron chi connectivity index (χ3n) is 2.79. The number of allylic oxidation sites excluding steroid dienone is 1. The zero-order valence-electron chi connectivity index (χ0n) is 10.8. The van der Waals surface area contributed by atoms with Crippen LogP contribution in [0.2, 0.25) is 0 Å². The molecule has 0 bridgehead atoms. The predicted molar refractivity (Wildman–Crippen MR) is 64.7 cm³/mol. The minimum Gasteiger partial charge on any atom is -0.369 e. The lowest BCUT2D eigenvalue weighted by molar-refractivity contribution is -0.126. The summed E-state index contributed by atoms with van der Waals surface area (Å²) in [4.78, 5) is 22.6. The van der Waals surface area contributed by atoms with Crippen molar-refractivity contribution in [3.8, 4) is 0 Å². The average molecular weight is 226 g/mol. The van der Waals surface area contributed by atoms with Gasteiger partial charge in [0.2, 0.25) is 11.8 Å². The normalized spacial score (nSPS) is 10.8. The maximum atomic E-state index is 11.6. The van der Waals surface area contributed by atoms with Gasteiger partial charge in [-0.1, -0.05) is 19.4 Å². The van der Waals surface area contributed by atoms with Crippen molar-refractivity contribution in [3.05, 3.63) is 11.1 Å². The Morgan fingerprint density at radius 1 is 1.19 bits per heavy atom. The highest BCUT2D eigenvalue weighted by Crippen LogP contribution is 2.18. The average Bonchev–Trinajstić information content (AvgIpc) is 2.15. The Hall–Kier alpha value is -1.32. The molecule has 0 fully saturated rings. The van der Waals surface area contributed by atoms with Crippen LogP contribution >= 0.6 is 0 Å². The van der Waals surface area contributed by atoms with Crippen molar-refractivity contribution in [3.63, 3.8) is 0 Å². The second kappa shape index (κ2) is 5.68. The van der Waals surface area contributed by atoms with Crippen molar-refractivity contribution < 1.29 is 9.59 Å². The molecule has 0 aliphatic heterocycles. The molecule has 3 N–H and O–H groups in total. The number of nitrogens with two attached hydrogens (primary N) is 1. The molecule has 0 atom stereocenters. The lowest BCUT2D eigenvalue weighted by Gasteiger charge is -2.20. The fourth-order valence-corrected chi connectivity index (χ4v) is 0.971. The van der Waals surface area contributed by atoms with E-state index in [1.165, 1.54) is 0 Å². The molecule has 0 aromatic carbocycles. The van der Waals surface area contributed by atoms with Crippen molar-refractivity contribution in [2.45, 2.75) is 41.0 Å². The highest BCUT2D eigenvalue weighted by molar-refractivity contribution is 5.93. The van der Waals surface area contributed by atoms with Gasteiger partial charge in [0.25, 0.3) is 0 Å². The Morgan fingerprint density at radius 3 is 2.06 bits per heavy atom. The van der Waals surface area contributed by atoms with Crippen LogP contribution < -0.4 is 11.1 Å². The lowest BCUT2D eigenvalue weighted by Crippen LogP contribution is -2.36. The standard InChI is InChI=1S/C12H22N2O2/c1-8(2)9(3)10(15)14-7-6-12(4,5)11(13)16/h6-7H2,1-5H3,(H2,13,16)(H,14,15). The number of amides is 2. The Labute approximate surface area is 97.3 Å². The van der Waals surface area contributed by atoms with Gasteiger partial charge < -0.3 is 11.1 Å². The second-order valence-electron chi connectivity index (χ2n) is 4.88. The van der Waals surface area contributed by atoms with Crippen LogP contribution in [0.4, 0.5) is 0 Å². The quantitative estimate of drug-likeness (QED) is 0.695. The third kappa shape index (κ3) is 4.47. The topological polar surface area (TPSA) is 72.2 Å². The molecule has 92 valence electrons. The van der Waals surface area contributed by atoms with E-state index in [9.17, 15) is 9.59 Å². The van der Waals surface area contributed by atoms with Gasteiger partial charge >= 0.3 is 0 Å². The Morgan fingerprint density at radius 2 is 1.69 bits per heavy atom. The highest BCUT2D eigenvalue weighted by atomic mass is 16.2. The van der Waals surface area contributed by atoms with Gasteiger partial charge in [0, 0.05) is 17.5 Å². The molecule has 0 saturated heterocycles. The summed E-state index contributed by atoms with van der Waals surface area (Å²) in [7, 11) is 0. The molecule has 16 heavy (non-hydrogen) atoms. The van der Waals surface area contributed by atoms with Crippen molar-refractivity contribution in [2.75, 3.05) is 6.54 Å². The molecular formula is C12H22N2O2. The summed E-state index contributed by atoms with van der Waals surface area (Å²) in [5.74, 6) is -0.430. The largest absolute Gasteiger partial charge is 0.369 e. The van der Waals surface area contributed by atoms with Crippen LogP contribution in [0.25, 0.3) is 0 Å². The van der Waals surface area contributed by atoms with Gasteiger partial charge in [-0.05, 0) is 27.2 Å². The van der Waals surface area contributed by atoms with Crippen molar-refractivity contribution in [1.82, 2.24) is 5.32 Å². The van der Waals surface area contributed by atoms with Gasteiger partial charge in [0.1, 0.15) is 0 Å². The van der Waals surface area contributed by atoms with Crippen LogP contribution in [0.15, 0.2) is 11.1 Å². The van der Waals surface area contributed by atoms with E-state index in [2.05, 4.69) is 5.32 Å². The second-order valence-corrected chi connectivity index (χ2v) is 4.88. The Bertz CT molecular complexity index is 313. The molecule has 0 heterocycles. The van der Waals surface area contributed by atoms with Crippen molar-refractivity contribution >= 4 is 11.8 Å². The zero-order chi connectivity index (χ0) is 12.9. The predicted octanol–water partition coefficient (Wildman–Crippen LogP) is 1.36. The summed E-state index contributed by atoms with van der Waals surface area (Å²) in [5.41, 5.74) is 6.37. The van der Waals surface area contributed by atoms with Crippen molar-refractivity contribution in [2.24, 2.45) is 11.1 Å². The fraction of sp³-hybridized carbons (Fsp3) is 0.667. The monoisotopic (exact) mass is 226 g/mol. The van der Waals surface area contributed by atoms with E-state index < -0.39 is 5.41 Å². The van der Waals surface area contributed by atoms with E-state index in [-0.39, 0.29) is 11.8 Å². The number of carbonyl (C=O) groups excluding carboxylic acids is 2. The fourth-order valence-electron chi connectivity index (χ4n) is 0.971. The Kier molecular flexibility index (Phi) is 5.21. The number of carbonyl (C=O) groups is 2. The number of primary amides is 1. The van der Waals surface area contributed by atoms with Crippen LogP contribution in [0, 0.1) is 5.41 Å². The molecule has 0 aliphatic rings. The number of hydrogen-bond donors (Lipinski definition) is 2. The molecule has 4 nitrogen and oxygen atoms in total. The summed E-state index contributed by atoms with van der Waals surface area (Å²) in [6, 6.07) is 0. The summed E-state index contributed by atoms with van der Waals surface area (Å²) < 4.78 is 0. The number of nitrogens with one attached hydrogen (secondary N) is 1. The summed E-state index contributed by atoms with van der Waals surface area (Å²) in [6.07, 6.45) is 0.546. The Balaban J connectivity index is 4.16. The molecule has 0 unspecified atom stereocenters. The van der Waals surface area contributed by atoms with E-state index >= 15 is 0 Å². The van der Waals surface area contributed by atoms with Crippen LogP contribution in [-0.4, -0.2) is 18.4 Å². The molecule has 4 heteroatoms. The van der Waals surface area contributed by atoms with Gasteiger partial charge in [0.15, 0.2) is 0 Å². The summed E-state index contributed by atoms with van der Waals surface area (Å²) >= 11 is 0. The van der Waals surface area contributed by atoms with E-state index in [1.807, 2.05) is 13.8 Å². The maximum Gasteiger partial charge on any atom is 0.246 e. The molecule has 0 spiro atoms. The molecular weight excluding hydrogens is 204 g/mol. The maximum absolute atomic E-state index is 11.6. The van der Waals surface area contributed by atoms with Crippen LogP contribution in [0.1, 0.15) is 41.0 Å². The summed E-state index contributed by atoms with van der Waals surface area (Å²) in [6.45, 7) is 9.57. The highest BCUT2D eigenvalue weighted by Gasteiger charge is 2.24. The minimum absolute atomic E-state index is 0.0831. The van der Waals surface area contributed by atoms with Crippen LogP contribution in [-0.2, 0) is 9.59 Å². The lowest BCUT2D eigenvalue weighted by atomic mass is 9.88.